The van der Waals surface area contributed by atoms with Crippen LogP contribution in [0.3, 0.4) is 0 Å². The van der Waals surface area contributed by atoms with Gasteiger partial charge in [0.05, 0.1) is 17.4 Å². The number of pyridine rings is 3. The van der Waals surface area contributed by atoms with Crippen molar-refractivity contribution in [3.63, 3.8) is 0 Å². The molecular formula is C38H35FN8O. The van der Waals surface area contributed by atoms with Crippen LogP contribution in [-0.2, 0) is 13.1 Å². The number of hydrogen-bond donors (Lipinski definition) is 3. The lowest BCUT2D eigenvalue weighted by molar-refractivity contribution is 0.237. The van der Waals surface area contributed by atoms with Gasteiger partial charge in [-0.05, 0) is 73.0 Å². The van der Waals surface area contributed by atoms with E-state index in [0.29, 0.717) is 30.1 Å². The Hall–Kier alpha value is -5.45. The molecule has 48 heavy (non-hydrogen) atoms. The minimum Gasteiger partial charge on any atom is -0.492 e. The Morgan fingerprint density at radius 2 is 1.62 bits per heavy atom. The molecule has 0 bridgehead atoms. The Morgan fingerprint density at radius 1 is 0.792 bits per heavy atom. The Kier molecular flexibility index (Phi) is 8.32. The highest BCUT2D eigenvalue weighted by Gasteiger charge is 2.17. The smallest absolute Gasteiger partial charge is 0.155 e. The summed E-state index contributed by atoms with van der Waals surface area (Å²) in [4.78, 5) is 19.5. The van der Waals surface area contributed by atoms with Gasteiger partial charge in [0.1, 0.15) is 23.9 Å². The highest BCUT2D eigenvalue weighted by molar-refractivity contribution is 6.00. The van der Waals surface area contributed by atoms with Crippen LogP contribution in [0.2, 0.25) is 0 Å². The molecule has 7 aromatic rings. The monoisotopic (exact) mass is 638 g/mol. The number of aromatic nitrogens is 6. The summed E-state index contributed by atoms with van der Waals surface area (Å²) >= 11 is 0. The van der Waals surface area contributed by atoms with Gasteiger partial charge in [0.25, 0.3) is 0 Å². The van der Waals surface area contributed by atoms with Gasteiger partial charge in [0.15, 0.2) is 5.65 Å². The highest BCUT2D eigenvalue weighted by Crippen LogP contribution is 2.35. The van der Waals surface area contributed by atoms with Gasteiger partial charge in [-0.2, -0.15) is 5.10 Å². The largest absolute Gasteiger partial charge is 0.492 e. The van der Waals surface area contributed by atoms with E-state index in [1.807, 2.05) is 48.9 Å². The standard InChI is InChI=1S/C38H35FN8O/c39-30-13-27(14-31(16-30)48-11-10-47-8-4-5-9-47)34-23-42-24-36-32(34)17-35(44-36)37-33-15-29(22-43-38(33)46-45-37)28-12-26(20-41-21-28)19-40-18-25-6-2-1-3-7-25/h1-3,6-7,12-17,20-24,40,44H,4-5,8-11,18-19H2,(H,43,45,46). The molecule has 1 saturated heterocycles. The van der Waals surface area contributed by atoms with E-state index in [4.69, 9.17) is 4.74 Å². The van der Waals surface area contributed by atoms with Crippen molar-refractivity contribution < 1.29 is 9.13 Å². The summed E-state index contributed by atoms with van der Waals surface area (Å²) < 4.78 is 20.8. The summed E-state index contributed by atoms with van der Waals surface area (Å²) in [5.41, 5.74) is 8.80. The first-order valence-corrected chi connectivity index (χ1v) is 16.3. The van der Waals surface area contributed by atoms with Gasteiger partial charge in [0.2, 0.25) is 0 Å². The van der Waals surface area contributed by atoms with E-state index in [2.05, 4.69) is 64.6 Å². The van der Waals surface area contributed by atoms with Crippen molar-refractivity contribution in [2.45, 2.75) is 25.9 Å². The average Bonchev–Trinajstić information content (AvgIpc) is 3.88. The molecular weight excluding hydrogens is 603 g/mol. The number of H-pyrrole nitrogens is 2. The van der Waals surface area contributed by atoms with Crippen molar-refractivity contribution in [3.8, 4) is 39.4 Å². The molecule has 240 valence electrons. The quantitative estimate of drug-likeness (QED) is 0.138. The number of likely N-dealkylation sites (tertiary alicyclic amines) is 1. The fraction of sp³-hybridized carbons (Fsp3) is 0.211. The first-order valence-electron chi connectivity index (χ1n) is 16.3. The van der Waals surface area contributed by atoms with Crippen LogP contribution in [0.1, 0.15) is 24.0 Å². The number of rotatable bonds is 11. The van der Waals surface area contributed by atoms with Crippen LogP contribution >= 0.6 is 0 Å². The van der Waals surface area contributed by atoms with Crippen molar-refractivity contribution in [3.05, 3.63) is 115 Å². The Balaban J connectivity index is 1.05. The molecule has 0 amide bonds. The van der Waals surface area contributed by atoms with Crippen molar-refractivity contribution in [1.29, 1.82) is 0 Å². The van der Waals surface area contributed by atoms with Crippen molar-refractivity contribution >= 4 is 21.9 Å². The van der Waals surface area contributed by atoms with Crippen LogP contribution in [0, 0.1) is 5.82 Å². The van der Waals surface area contributed by atoms with E-state index in [0.717, 1.165) is 76.1 Å². The number of nitrogens with zero attached hydrogens (tertiary/aromatic N) is 5. The SMILES string of the molecule is Fc1cc(OCCN2CCCC2)cc(-c2cncc3[nH]c(-c4n[nH]c5ncc(-c6cncc(CNCc7ccccc7)c6)cc45)cc23)c1. The van der Waals surface area contributed by atoms with Crippen LogP contribution in [0.5, 0.6) is 5.75 Å². The number of fused-ring (bicyclic) bond motifs is 2. The minimum absolute atomic E-state index is 0.348. The summed E-state index contributed by atoms with van der Waals surface area (Å²) in [7, 11) is 0. The second-order valence-corrected chi connectivity index (χ2v) is 12.3. The molecule has 2 aromatic carbocycles. The van der Waals surface area contributed by atoms with Crippen LogP contribution in [0.25, 0.3) is 55.6 Å². The number of ether oxygens (including phenoxy) is 1. The van der Waals surface area contributed by atoms with Crippen LogP contribution < -0.4 is 10.1 Å². The molecule has 8 rings (SSSR count). The zero-order valence-corrected chi connectivity index (χ0v) is 26.4. The fourth-order valence-electron chi connectivity index (χ4n) is 6.46. The van der Waals surface area contributed by atoms with Crippen molar-refractivity contribution in [2.24, 2.45) is 0 Å². The first kappa shape index (κ1) is 29.9. The predicted octanol–water partition coefficient (Wildman–Crippen LogP) is 7.13. The molecule has 1 aliphatic rings. The highest BCUT2D eigenvalue weighted by atomic mass is 19.1. The zero-order valence-electron chi connectivity index (χ0n) is 26.4. The van der Waals surface area contributed by atoms with Crippen LogP contribution in [0.15, 0.2) is 97.7 Å². The first-order chi connectivity index (χ1) is 23.7. The number of benzene rings is 2. The maximum absolute atomic E-state index is 14.8. The van der Waals surface area contributed by atoms with E-state index >= 15 is 0 Å². The van der Waals surface area contributed by atoms with Gasteiger partial charge in [-0.15, -0.1) is 0 Å². The molecule has 3 N–H and O–H groups in total. The summed E-state index contributed by atoms with van der Waals surface area (Å²) in [5, 5.41) is 13.0. The maximum Gasteiger partial charge on any atom is 0.155 e. The third-order valence-corrected chi connectivity index (χ3v) is 8.90. The Labute approximate surface area is 277 Å². The van der Waals surface area contributed by atoms with Gasteiger partial charge < -0.3 is 15.0 Å². The lowest BCUT2D eigenvalue weighted by atomic mass is 10.0. The van der Waals surface area contributed by atoms with Gasteiger partial charge in [-0.25, -0.2) is 9.37 Å². The molecule has 0 aliphatic carbocycles. The van der Waals surface area contributed by atoms with Crippen LogP contribution in [-0.4, -0.2) is 61.3 Å². The number of aromatic amines is 2. The lowest BCUT2D eigenvalue weighted by Crippen LogP contribution is -2.25. The molecule has 0 radical (unpaired) electrons. The summed E-state index contributed by atoms with van der Waals surface area (Å²) in [5.74, 6) is 0.165. The molecule has 1 aliphatic heterocycles. The molecule has 0 unspecified atom stereocenters. The van der Waals surface area contributed by atoms with Gasteiger partial charge in [-0.3, -0.25) is 20.0 Å². The third kappa shape index (κ3) is 6.40. The molecule has 6 heterocycles. The third-order valence-electron chi connectivity index (χ3n) is 8.90. The second kappa shape index (κ2) is 13.3. The zero-order chi connectivity index (χ0) is 32.3. The van der Waals surface area contributed by atoms with E-state index < -0.39 is 0 Å². The second-order valence-electron chi connectivity index (χ2n) is 12.3. The molecule has 0 spiro atoms. The lowest BCUT2D eigenvalue weighted by Gasteiger charge is -2.15. The normalized spacial score (nSPS) is 13.5. The average molecular weight is 639 g/mol. The van der Waals surface area contributed by atoms with Gasteiger partial charge >= 0.3 is 0 Å². The number of halogens is 1. The molecule has 0 atom stereocenters. The minimum atomic E-state index is -0.348. The summed E-state index contributed by atoms with van der Waals surface area (Å²) in [6, 6.07) is 21.4. The van der Waals surface area contributed by atoms with E-state index in [9.17, 15) is 4.39 Å². The van der Waals surface area contributed by atoms with Crippen LogP contribution in [0.4, 0.5) is 4.39 Å². The summed E-state index contributed by atoms with van der Waals surface area (Å²) in [6.45, 7) is 5.04. The Morgan fingerprint density at radius 3 is 2.52 bits per heavy atom. The molecule has 1 fully saturated rings. The predicted molar refractivity (Wildman–Crippen MR) is 186 cm³/mol. The van der Waals surface area contributed by atoms with E-state index in [1.165, 1.54) is 30.5 Å². The van der Waals surface area contributed by atoms with Gasteiger partial charge in [0, 0.05) is 78.0 Å². The number of hydrogen-bond acceptors (Lipinski definition) is 7. The number of nitrogens with one attached hydrogen (secondary N) is 3. The van der Waals surface area contributed by atoms with Gasteiger partial charge in [-0.1, -0.05) is 30.3 Å². The van der Waals surface area contributed by atoms with E-state index in [1.54, 1.807) is 12.4 Å². The van der Waals surface area contributed by atoms with Crippen molar-refractivity contribution in [2.75, 3.05) is 26.2 Å². The molecule has 5 aromatic heterocycles. The summed E-state index contributed by atoms with van der Waals surface area (Å²) in [6.07, 6.45) is 11.6. The molecule has 0 saturated carbocycles. The molecule has 9 nitrogen and oxygen atoms in total. The molecule has 10 heteroatoms. The topological polar surface area (TPSA) is 108 Å². The van der Waals surface area contributed by atoms with E-state index in [-0.39, 0.29) is 5.82 Å². The maximum atomic E-state index is 14.8. The Bertz CT molecular complexity index is 2190. The fourth-order valence-corrected chi connectivity index (χ4v) is 6.46. The van der Waals surface area contributed by atoms with Crippen molar-refractivity contribution in [1.82, 2.24) is 40.3 Å².